The Morgan fingerprint density at radius 1 is 0.931 bits per heavy atom. The second kappa shape index (κ2) is 8.20. The third-order valence-corrected chi connectivity index (χ3v) is 5.92. The molecule has 2 aromatic carbocycles. The number of hydrogen-bond donors (Lipinski definition) is 0. The van der Waals surface area contributed by atoms with Crippen LogP contribution in [0.2, 0.25) is 0 Å². The van der Waals surface area contributed by atoms with Crippen molar-refractivity contribution in [2.24, 2.45) is 0 Å². The molecule has 1 aliphatic heterocycles. The molecule has 0 spiro atoms. The summed E-state index contributed by atoms with van der Waals surface area (Å²) in [4.78, 5) is 15.9. The normalized spacial score (nSPS) is 14.4. The van der Waals surface area contributed by atoms with Gasteiger partial charge in [0.2, 0.25) is 0 Å². The molecule has 1 saturated heterocycles. The van der Waals surface area contributed by atoms with Crippen molar-refractivity contribution in [2.45, 2.75) is 24.8 Å². The molecule has 0 N–H and O–H groups in total. The van der Waals surface area contributed by atoms with Crippen LogP contribution in [-0.4, -0.2) is 52.7 Å². The van der Waals surface area contributed by atoms with Crippen molar-refractivity contribution >= 4 is 21.8 Å². The topological polar surface area (TPSA) is 85.4 Å². The minimum atomic E-state index is -4.05. The average Bonchev–Trinajstić information content (AvgIpc) is 3.09. The van der Waals surface area contributed by atoms with E-state index in [0.717, 1.165) is 0 Å². The molecule has 0 aromatic heterocycles. The van der Waals surface area contributed by atoms with Crippen molar-refractivity contribution < 1.29 is 26.9 Å². The van der Waals surface area contributed by atoms with Gasteiger partial charge in [0.1, 0.15) is 10.6 Å². The Balaban J connectivity index is 1.78. The molecule has 2 aromatic rings. The molecule has 1 aliphatic rings. The first-order chi connectivity index (χ1) is 13.8. The van der Waals surface area contributed by atoms with Crippen LogP contribution < -0.4 is 18.6 Å². The number of amides is 2. The molecule has 0 atom stereocenters. The Morgan fingerprint density at radius 3 is 2.14 bits per heavy atom. The average molecular weight is 420 g/mol. The molecule has 1 fully saturated rings. The van der Waals surface area contributed by atoms with Gasteiger partial charge >= 0.3 is 16.1 Å². The highest BCUT2D eigenvalue weighted by Crippen LogP contribution is 2.32. The molecule has 156 valence electrons. The fraction of sp³-hybridized carbons (Fsp3) is 0.350. The molecule has 29 heavy (non-hydrogen) atoms. The van der Waals surface area contributed by atoms with Gasteiger partial charge < -0.3 is 18.6 Å². The van der Waals surface area contributed by atoms with Crippen LogP contribution in [0.15, 0.2) is 47.4 Å². The first-order valence-corrected chi connectivity index (χ1v) is 10.5. The smallest absolute Gasteiger partial charge is 0.339 e. The van der Waals surface area contributed by atoms with Gasteiger partial charge in [-0.05, 0) is 50.2 Å². The number of benzene rings is 2. The Kier molecular flexibility index (Phi) is 5.88. The highest BCUT2D eigenvalue weighted by atomic mass is 32.2. The zero-order valence-electron chi connectivity index (χ0n) is 16.8. The predicted octanol–water partition coefficient (Wildman–Crippen LogP) is 3.12. The highest BCUT2D eigenvalue weighted by Gasteiger charge is 2.31. The van der Waals surface area contributed by atoms with Crippen molar-refractivity contribution in [3.8, 4) is 17.2 Å². The van der Waals surface area contributed by atoms with E-state index in [9.17, 15) is 13.2 Å². The van der Waals surface area contributed by atoms with Crippen molar-refractivity contribution in [3.63, 3.8) is 0 Å². The molecule has 2 amide bonds. The lowest BCUT2D eigenvalue weighted by Gasteiger charge is -2.21. The summed E-state index contributed by atoms with van der Waals surface area (Å²) in [7, 11) is -1.10. The van der Waals surface area contributed by atoms with Crippen LogP contribution in [0.3, 0.4) is 0 Å². The van der Waals surface area contributed by atoms with Crippen LogP contribution in [0.4, 0.5) is 10.5 Å². The number of carbonyl (C=O) groups is 1. The van der Waals surface area contributed by atoms with E-state index >= 15 is 0 Å². The van der Waals surface area contributed by atoms with Gasteiger partial charge in [-0.2, -0.15) is 8.42 Å². The van der Waals surface area contributed by atoms with Crippen molar-refractivity contribution in [3.05, 3.63) is 42.5 Å². The Hall–Kier alpha value is -2.94. The summed E-state index contributed by atoms with van der Waals surface area (Å²) < 4.78 is 40.7. The first kappa shape index (κ1) is 20.8. The minimum Gasteiger partial charge on any atom is -0.493 e. The lowest BCUT2D eigenvalue weighted by Crippen LogP contribution is -2.36. The van der Waals surface area contributed by atoms with E-state index in [4.69, 9.17) is 13.7 Å². The quantitative estimate of drug-likeness (QED) is 0.640. The van der Waals surface area contributed by atoms with Crippen LogP contribution in [0, 0.1) is 0 Å². The Morgan fingerprint density at radius 2 is 1.59 bits per heavy atom. The van der Waals surface area contributed by atoms with Crippen molar-refractivity contribution in [1.29, 1.82) is 0 Å². The van der Waals surface area contributed by atoms with Crippen LogP contribution in [0.1, 0.15) is 13.8 Å². The number of carbonyl (C=O) groups excluding carboxylic acids is 1. The molecule has 8 nitrogen and oxygen atoms in total. The number of urea groups is 1. The molecule has 0 bridgehead atoms. The van der Waals surface area contributed by atoms with E-state index in [0.29, 0.717) is 30.3 Å². The number of hydrogen-bond acceptors (Lipinski definition) is 6. The maximum absolute atomic E-state index is 12.6. The molecule has 9 heteroatoms. The number of methoxy groups -OCH3 is 2. The molecular weight excluding hydrogens is 396 g/mol. The Labute approximate surface area is 170 Å². The number of rotatable bonds is 7. The summed E-state index contributed by atoms with van der Waals surface area (Å²) in [6.07, 6.45) is 0. The zero-order valence-corrected chi connectivity index (χ0v) is 17.6. The van der Waals surface area contributed by atoms with E-state index < -0.39 is 10.1 Å². The molecule has 0 radical (unpaired) electrons. The van der Waals surface area contributed by atoms with Gasteiger partial charge in [0, 0.05) is 30.9 Å². The lowest BCUT2D eigenvalue weighted by atomic mass is 10.3. The van der Waals surface area contributed by atoms with Crippen LogP contribution in [-0.2, 0) is 10.1 Å². The minimum absolute atomic E-state index is 0.0107. The third-order valence-electron chi connectivity index (χ3n) is 4.66. The third kappa shape index (κ3) is 4.24. The molecule has 0 saturated carbocycles. The van der Waals surface area contributed by atoms with Crippen molar-refractivity contribution in [1.82, 2.24) is 4.90 Å². The maximum Gasteiger partial charge on any atom is 0.339 e. The largest absolute Gasteiger partial charge is 0.493 e. The summed E-state index contributed by atoms with van der Waals surface area (Å²) in [5, 5.41) is 0. The van der Waals surface area contributed by atoms with Gasteiger partial charge in [-0.1, -0.05) is 0 Å². The fourth-order valence-electron chi connectivity index (χ4n) is 3.11. The van der Waals surface area contributed by atoms with E-state index in [-0.39, 0.29) is 22.7 Å². The molecule has 3 rings (SSSR count). The van der Waals surface area contributed by atoms with Crippen molar-refractivity contribution in [2.75, 3.05) is 32.2 Å². The lowest BCUT2D eigenvalue weighted by molar-refractivity contribution is 0.209. The summed E-state index contributed by atoms with van der Waals surface area (Å²) >= 11 is 0. The molecule has 0 unspecified atom stereocenters. The van der Waals surface area contributed by atoms with Crippen LogP contribution in [0.25, 0.3) is 0 Å². The standard InChI is InChI=1S/C20H24N2O6S/c1-14(2)21-11-12-22(20(21)23)15-5-8-17(9-6-15)29(24,25)28-16-7-10-18(26-3)19(13-16)27-4/h5-10,13-14H,11-12H2,1-4H3. The summed E-state index contributed by atoms with van der Waals surface area (Å²) in [6, 6.07) is 10.6. The second-order valence-electron chi connectivity index (χ2n) is 6.77. The fourth-order valence-corrected chi connectivity index (χ4v) is 4.03. The van der Waals surface area contributed by atoms with E-state index in [1.165, 1.54) is 38.5 Å². The molecule has 1 heterocycles. The van der Waals surface area contributed by atoms with Gasteiger partial charge in [-0.25, -0.2) is 4.79 Å². The van der Waals surface area contributed by atoms with Gasteiger partial charge in [-0.3, -0.25) is 4.90 Å². The number of anilines is 1. The maximum atomic E-state index is 12.6. The van der Waals surface area contributed by atoms with E-state index in [1.807, 2.05) is 13.8 Å². The van der Waals surface area contributed by atoms with Crippen LogP contribution >= 0.6 is 0 Å². The van der Waals surface area contributed by atoms with E-state index in [1.54, 1.807) is 28.0 Å². The summed E-state index contributed by atoms with van der Waals surface area (Å²) in [5.41, 5.74) is 0.642. The summed E-state index contributed by atoms with van der Waals surface area (Å²) in [6.45, 7) is 5.12. The predicted molar refractivity (Wildman–Crippen MR) is 108 cm³/mol. The Bertz CT molecular complexity index is 989. The second-order valence-corrected chi connectivity index (χ2v) is 8.32. The highest BCUT2D eigenvalue weighted by molar-refractivity contribution is 7.87. The number of nitrogens with zero attached hydrogens (tertiary/aromatic N) is 2. The molecule has 0 aliphatic carbocycles. The number of ether oxygens (including phenoxy) is 2. The molecular formula is C20H24N2O6S. The SMILES string of the molecule is COc1ccc(OS(=O)(=O)c2ccc(N3CCN(C(C)C)C3=O)cc2)cc1OC. The van der Waals surface area contributed by atoms with Gasteiger partial charge in [0.15, 0.2) is 11.5 Å². The monoisotopic (exact) mass is 420 g/mol. The van der Waals surface area contributed by atoms with Gasteiger partial charge in [0.25, 0.3) is 0 Å². The van der Waals surface area contributed by atoms with Gasteiger partial charge in [0.05, 0.1) is 14.2 Å². The van der Waals surface area contributed by atoms with Crippen LogP contribution in [0.5, 0.6) is 17.2 Å². The first-order valence-electron chi connectivity index (χ1n) is 9.11. The van der Waals surface area contributed by atoms with Gasteiger partial charge in [-0.15, -0.1) is 0 Å². The van der Waals surface area contributed by atoms with E-state index in [2.05, 4.69) is 0 Å². The summed E-state index contributed by atoms with van der Waals surface area (Å²) in [5.74, 6) is 0.930. The zero-order chi connectivity index (χ0) is 21.2.